The molecule has 22 heavy (non-hydrogen) atoms. The molecular formula is C16H11ClN4O. The summed E-state index contributed by atoms with van der Waals surface area (Å²) in [5.41, 5.74) is 2.44. The molecule has 1 heterocycles. The van der Waals surface area contributed by atoms with Crippen LogP contribution in [0.25, 0.3) is 16.9 Å². The standard InChI is InChI=1S/C16H11ClN4O/c1-22-14-4-2-3-11(9-14)16-15(10-18)19-20-21(16)13-7-5-12(17)6-8-13/h2-9H,1H3. The summed E-state index contributed by atoms with van der Waals surface area (Å²) in [5.74, 6) is 0.699. The molecular weight excluding hydrogens is 300 g/mol. The van der Waals surface area contributed by atoms with Crippen LogP contribution < -0.4 is 4.74 Å². The average Bonchev–Trinajstić information content (AvgIpc) is 2.99. The number of aromatic nitrogens is 3. The van der Waals surface area contributed by atoms with E-state index in [2.05, 4.69) is 16.4 Å². The number of rotatable bonds is 3. The van der Waals surface area contributed by atoms with Gasteiger partial charge >= 0.3 is 0 Å². The van der Waals surface area contributed by atoms with Gasteiger partial charge in [0.05, 0.1) is 12.8 Å². The van der Waals surface area contributed by atoms with E-state index in [4.69, 9.17) is 16.3 Å². The molecule has 2 aromatic carbocycles. The van der Waals surface area contributed by atoms with Crippen molar-refractivity contribution in [2.24, 2.45) is 0 Å². The molecule has 6 heteroatoms. The Morgan fingerprint density at radius 1 is 1.18 bits per heavy atom. The van der Waals surface area contributed by atoms with Crippen molar-refractivity contribution in [3.63, 3.8) is 0 Å². The molecule has 0 radical (unpaired) electrons. The molecule has 0 fully saturated rings. The minimum Gasteiger partial charge on any atom is -0.497 e. The first-order chi connectivity index (χ1) is 10.7. The number of nitrogens with zero attached hydrogens (tertiary/aromatic N) is 4. The number of hydrogen-bond acceptors (Lipinski definition) is 4. The normalized spacial score (nSPS) is 10.2. The topological polar surface area (TPSA) is 63.7 Å². The number of benzene rings is 2. The van der Waals surface area contributed by atoms with Crippen LogP contribution in [-0.2, 0) is 0 Å². The van der Waals surface area contributed by atoms with E-state index < -0.39 is 0 Å². The van der Waals surface area contributed by atoms with Crippen molar-refractivity contribution in [2.45, 2.75) is 0 Å². The molecule has 108 valence electrons. The van der Waals surface area contributed by atoms with Gasteiger partial charge in [0.2, 0.25) is 0 Å². The fourth-order valence-corrected chi connectivity index (χ4v) is 2.28. The Hall–Kier alpha value is -2.84. The highest BCUT2D eigenvalue weighted by Crippen LogP contribution is 2.28. The van der Waals surface area contributed by atoms with Crippen LogP contribution in [0.15, 0.2) is 48.5 Å². The van der Waals surface area contributed by atoms with Gasteiger partial charge in [-0.15, -0.1) is 5.10 Å². The Balaban J connectivity index is 2.19. The second-order valence-corrected chi connectivity index (χ2v) is 4.96. The lowest BCUT2D eigenvalue weighted by molar-refractivity contribution is 0.415. The predicted molar refractivity (Wildman–Crippen MR) is 83.1 cm³/mol. The predicted octanol–water partition coefficient (Wildman–Crippen LogP) is 3.47. The highest BCUT2D eigenvalue weighted by molar-refractivity contribution is 6.30. The Kier molecular flexibility index (Phi) is 3.77. The van der Waals surface area contributed by atoms with Gasteiger partial charge in [-0.25, -0.2) is 4.68 Å². The summed E-state index contributed by atoms with van der Waals surface area (Å²) >= 11 is 5.91. The van der Waals surface area contributed by atoms with Crippen molar-refractivity contribution < 1.29 is 4.74 Å². The lowest BCUT2D eigenvalue weighted by Gasteiger charge is -2.08. The first-order valence-corrected chi connectivity index (χ1v) is 6.87. The average molecular weight is 311 g/mol. The zero-order chi connectivity index (χ0) is 15.5. The van der Waals surface area contributed by atoms with Gasteiger partial charge in [0, 0.05) is 10.6 Å². The Labute approximate surface area is 132 Å². The Morgan fingerprint density at radius 3 is 2.64 bits per heavy atom. The van der Waals surface area contributed by atoms with Gasteiger partial charge in [0.25, 0.3) is 0 Å². The van der Waals surface area contributed by atoms with Crippen molar-refractivity contribution >= 4 is 11.6 Å². The summed E-state index contributed by atoms with van der Waals surface area (Å²) in [6.45, 7) is 0. The number of halogens is 1. The smallest absolute Gasteiger partial charge is 0.191 e. The first-order valence-electron chi connectivity index (χ1n) is 6.49. The summed E-state index contributed by atoms with van der Waals surface area (Å²) in [6.07, 6.45) is 0. The monoisotopic (exact) mass is 310 g/mol. The number of hydrogen-bond donors (Lipinski definition) is 0. The molecule has 0 saturated carbocycles. The van der Waals surface area contributed by atoms with Crippen LogP contribution in [0.5, 0.6) is 5.75 Å². The van der Waals surface area contributed by atoms with Gasteiger partial charge in [0.15, 0.2) is 5.69 Å². The van der Waals surface area contributed by atoms with Gasteiger partial charge in [-0.2, -0.15) is 5.26 Å². The first kappa shape index (κ1) is 14.1. The van der Waals surface area contributed by atoms with E-state index in [0.717, 1.165) is 11.3 Å². The number of methoxy groups -OCH3 is 1. The van der Waals surface area contributed by atoms with Crippen LogP contribution in [0.4, 0.5) is 0 Å². The van der Waals surface area contributed by atoms with Crippen LogP contribution in [0.2, 0.25) is 5.02 Å². The van der Waals surface area contributed by atoms with E-state index in [1.807, 2.05) is 36.4 Å². The van der Waals surface area contributed by atoms with E-state index in [9.17, 15) is 5.26 Å². The van der Waals surface area contributed by atoms with Crippen molar-refractivity contribution in [3.8, 4) is 28.8 Å². The summed E-state index contributed by atoms with van der Waals surface area (Å²) in [4.78, 5) is 0. The third kappa shape index (κ3) is 2.52. The molecule has 1 aromatic heterocycles. The highest BCUT2D eigenvalue weighted by Gasteiger charge is 2.16. The quantitative estimate of drug-likeness (QED) is 0.743. The van der Waals surface area contributed by atoms with Gasteiger partial charge in [-0.3, -0.25) is 0 Å². The van der Waals surface area contributed by atoms with E-state index in [1.165, 1.54) is 0 Å². The largest absolute Gasteiger partial charge is 0.497 e. The maximum absolute atomic E-state index is 9.29. The molecule has 0 atom stereocenters. The molecule has 3 aromatic rings. The Bertz CT molecular complexity index is 849. The van der Waals surface area contributed by atoms with Gasteiger partial charge < -0.3 is 4.74 Å². The minimum absolute atomic E-state index is 0.253. The molecule has 5 nitrogen and oxygen atoms in total. The van der Waals surface area contributed by atoms with Crippen LogP contribution in [0.3, 0.4) is 0 Å². The van der Waals surface area contributed by atoms with Gasteiger partial charge in [-0.05, 0) is 36.4 Å². The molecule has 0 N–H and O–H groups in total. The van der Waals surface area contributed by atoms with Crippen molar-refractivity contribution in [3.05, 3.63) is 59.2 Å². The van der Waals surface area contributed by atoms with Crippen molar-refractivity contribution in [1.82, 2.24) is 15.0 Å². The zero-order valence-corrected chi connectivity index (χ0v) is 12.4. The minimum atomic E-state index is 0.253. The molecule has 0 unspecified atom stereocenters. The Morgan fingerprint density at radius 2 is 1.95 bits per heavy atom. The molecule has 3 rings (SSSR count). The lowest BCUT2D eigenvalue weighted by Crippen LogP contribution is -1.99. The second kappa shape index (κ2) is 5.88. The molecule has 0 aliphatic heterocycles. The van der Waals surface area contributed by atoms with Crippen molar-refractivity contribution in [2.75, 3.05) is 7.11 Å². The molecule has 0 spiro atoms. The lowest BCUT2D eigenvalue weighted by atomic mass is 10.1. The number of nitriles is 1. The van der Waals surface area contributed by atoms with Crippen LogP contribution >= 0.6 is 11.6 Å². The maximum atomic E-state index is 9.29. The molecule has 0 aliphatic carbocycles. The van der Waals surface area contributed by atoms with Crippen LogP contribution in [0.1, 0.15) is 5.69 Å². The van der Waals surface area contributed by atoms with E-state index in [0.29, 0.717) is 16.5 Å². The zero-order valence-electron chi connectivity index (χ0n) is 11.7. The maximum Gasteiger partial charge on any atom is 0.191 e. The summed E-state index contributed by atoms with van der Waals surface area (Å²) < 4.78 is 6.85. The summed E-state index contributed by atoms with van der Waals surface area (Å²) in [7, 11) is 1.60. The highest BCUT2D eigenvalue weighted by atomic mass is 35.5. The summed E-state index contributed by atoms with van der Waals surface area (Å²) in [5, 5.41) is 17.9. The van der Waals surface area contributed by atoms with E-state index in [-0.39, 0.29) is 5.69 Å². The van der Waals surface area contributed by atoms with E-state index in [1.54, 1.807) is 23.9 Å². The van der Waals surface area contributed by atoms with Gasteiger partial charge in [-0.1, -0.05) is 28.9 Å². The van der Waals surface area contributed by atoms with Gasteiger partial charge in [0.1, 0.15) is 17.5 Å². The fourth-order valence-electron chi connectivity index (χ4n) is 2.15. The van der Waals surface area contributed by atoms with Crippen LogP contribution in [0, 0.1) is 11.3 Å². The summed E-state index contributed by atoms with van der Waals surface area (Å²) in [6, 6.07) is 16.7. The third-order valence-electron chi connectivity index (χ3n) is 3.19. The van der Waals surface area contributed by atoms with E-state index >= 15 is 0 Å². The molecule has 0 bridgehead atoms. The molecule has 0 saturated heterocycles. The van der Waals surface area contributed by atoms with Crippen molar-refractivity contribution in [1.29, 1.82) is 5.26 Å². The molecule has 0 aliphatic rings. The van der Waals surface area contributed by atoms with Crippen LogP contribution in [-0.4, -0.2) is 22.1 Å². The number of ether oxygens (including phenoxy) is 1. The SMILES string of the molecule is COc1cccc(-c2c(C#N)nnn2-c2ccc(Cl)cc2)c1. The third-order valence-corrected chi connectivity index (χ3v) is 3.44. The fraction of sp³-hybridized carbons (Fsp3) is 0.0625. The second-order valence-electron chi connectivity index (χ2n) is 4.52. The molecule has 0 amide bonds.